The van der Waals surface area contributed by atoms with Crippen LogP contribution in [0.1, 0.15) is 41.6 Å². The van der Waals surface area contributed by atoms with Crippen LogP contribution in [0.15, 0.2) is 40.3 Å². The molecule has 0 saturated carbocycles. The zero-order chi connectivity index (χ0) is 18.0. The van der Waals surface area contributed by atoms with Gasteiger partial charge in [0.05, 0.1) is 11.5 Å². The van der Waals surface area contributed by atoms with Crippen molar-refractivity contribution < 1.29 is 14.0 Å². The number of rotatable bonds is 6. The molecule has 0 N–H and O–H groups in total. The average molecular weight is 379 g/mol. The van der Waals surface area contributed by atoms with Crippen LogP contribution >= 0.6 is 23.1 Å². The molecule has 2 atom stereocenters. The second kappa shape index (κ2) is 7.66. The first kappa shape index (κ1) is 18.1. The quantitative estimate of drug-likeness (QED) is 0.766. The number of carbonyl (C=O) groups is 2. The van der Waals surface area contributed by atoms with Gasteiger partial charge < -0.3 is 14.2 Å². The lowest BCUT2D eigenvalue weighted by molar-refractivity contribution is -0.130. The van der Waals surface area contributed by atoms with E-state index in [-0.39, 0.29) is 28.5 Å². The number of nitrogens with zero attached hydrogens (tertiary/aromatic N) is 2. The molecule has 1 saturated heterocycles. The van der Waals surface area contributed by atoms with Crippen molar-refractivity contribution >= 4 is 34.9 Å². The molecule has 0 spiro atoms. The maximum atomic E-state index is 12.6. The third-order valence-electron chi connectivity index (χ3n) is 4.23. The van der Waals surface area contributed by atoms with Gasteiger partial charge in [-0.15, -0.1) is 23.1 Å². The Balaban J connectivity index is 1.72. The molecular formula is C18H22N2O3S2. The summed E-state index contributed by atoms with van der Waals surface area (Å²) in [7, 11) is 0. The highest BCUT2D eigenvalue weighted by Crippen LogP contribution is 2.44. The fraction of sp³-hybridized carbons (Fsp3) is 0.444. The molecule has 0 bridgehead atoms. The topological polar surface area (TPSA) is 53.8 Å². The van der Waals surface area contributed by atoms with E-state index in [1.807, 2.05) is 37.1 Å². The van der Waals surface area contributed by atoms with Gasteiger partial charge in [0.25, 0.3) is 5.91 Å². The van der Waals surface area contributed by atoms with Crippen LogP contribution in [0.3, 0.4) is 0 Å². The van der Waals surface area contributed by atoms with Gasteiger partial charge in [0.2, 0.25) is 5.91 Å². The predicted molar refractivity (Wildman–Crippen MR) is 101 cm³/mol. The van der Waals surface area contributed by atoms with Crippen LogP contribution in [0.2, 0.25) is 0 Å². The van der Waals surface area contributed by atoms with Crippen molar-refractivity contribution in [3.8, 4) is 0 Å². The van der Waals surface area contributed by atoms with Crippen LogP contribution in [0, 0.1) is 0 Å². The molecule has 3 heterocycles. The minimum Gasteiger partial charge on any atom is -0.459 e. The van der Waals surface area contributed by atoms with E-state index in [1.165, 1.54) is 11.1 Å². The zero-order valence-corrected chi connectivity index (χ0v) is 16.2. The van der Waals surface area contributed by atoms with Crippen molar-refractivity contribution in [1.29, 1.82) is 0 Å². The number of thioether (sulfide) groups is 1. The van der Waals surface area contributed by atoms with Gasteiger partial charge in [-0.3, -0.25) is 9.59 Å². The molecule has 2 aromatic rings. The lowest BCUT2D eigenvalue weighted by atomic mass is 10.2. The van der Waals surface area contributed by atoms with E-state index in [2.05, 4.69) is 6.07 Å². The SMILES string of the molecule is CC(C)N(CCN1C(=O)[C@H](C)S[C@H]1c1cccs1)C(=O)c1ccco1. The summed E-state index contributed by atoms with van der Waals surface area (Å²) in [4.78, 5) is 30.0. The largest absolute Gasteiger partial charge is 0.459 e. The third-order valence-corrected chi connectivity index (χ3v) is 6.68. The summed E-state index contributed by atoms with van der Waals surface area (Å²) >= 11 is 3.33. The fourth-order valence-electron chi connectivity index (χ4n) is 2.91. The molecule has 0 unspecified atom stereocenters. The first-order valence-electron chi connectivity index (χ1n) is 8.33. The number of thiophene rings is 1. The van der Waals surface area contributed by atoms with E-state index in [0.717, 1.165) is 0 Å². The lowest BCUT2D eigenvalue weighted by Crippen LogP contribution is -2.43. The van der Waals surface area contributed by atoms with Crippen molar-refractivity contribution in [2.24, 2.45) is 0 Å². The van der Waals surface area contributed by atoms with Gasteiger partial charge in [0.15, 0.2) is 5.76 Å². The molecule has 25 heavy (non-hydrogen) atoms. The van der Waals surface area contributed by atoms with Gasteiger partial charge >= 0.3 is 0 Å². The summed E-state index contributed by atoms with van der Waals surface area (Å²) in [5, 5.41) is 2.01. The highest BCUT2D eigenvalue weighted by atomic mass is 32.2. The van der Waals surface area contributed by atoms with E-state index < -0.39 is 0 Å². The minimum absolute atomic E-state index is 0.0283. The van der Waals surface area contributed by atoms with E-state index in [4.69, 9.17) is 4.42 Å². The Labute approximate surface area is 156 Å². The van der Waals surface area contributed by atoms with Gasteiger partial charge in [-0.25, -0.2) is 0 Å². The Kier molecular flexibility index (Phi) is 5.54. The number of furan rings is 1. The van der Waals surface area contributed by atoms with Crippen molar-refractivity contribution in [3.63, 3.8) is 0 Å². The minimum atomic E-state index is -0.139. The number of carbonyl (C=O) groups excluding carboxylic acids is 2. The summed E-state index contributed by atoms with van der Waals surface area (Å²) < 4.78 is 5.24. The van der Waals surface area contributed by atoms with Crippen LogP contribution in [0.5, 0.6) is 0 Å². The second-order valence-corrected chi connectivity index (χ2v) is 8.65. The summed E-state index contributed by atoms with van der Waals surface area (Å²) in [6.45, 7) is 6.89. The highest BCUT2D eigenvalue weighted by molar-refractivity contribution is 8.01. The molecule has 3 rings (SSSR count). The van der Waals surface area contributed by atoms with Gasteiger partial charge in [0.1, 0.15) is 5.37 Å². The molecule has 0 radical (unpaired) electrons. The number of hydrogen-bond acceptors (Lipinski definition) is 5. The molecule has 1 aliphatic rings. The average Bonchev–Trinajstić information content (AvgIpc) is 3.32. The van der Waals surface area contributed by atoms with E-state index in [1.54, 1.807) is 40.1 Å². The lowest BCUT2D eigenvalue weighted by Gasteiger charge is -2.30. The molecule has 7 heteroatoms. The van der Waals surface area contributed by atoms with E-state index in [9.17, 15) is 9.59 Å². The Morgan fingerprint density at radius 2 is 2.16 bits per heavy atom. The van der Waals surface area contributed by atoms with Crippen molar-refractivity contribution in [1.82, 2.24) is 9.80 Å². The zero-order valence-electron chi connectivity index (χ0n) is 14.5. The Morgan fingerprint density at radius 3 is 2.76 bits per heavy atom. The van der Waals surface area contributed by atoms with Crippen LogP contribution in [0.25, 0.3) is 0 Å². The van der Waals surface area contributed by atoms with Crippen LogP contribution < -0.4 is 0 Å². The molecule has 5 nitrogen and oxygen atoms in total. The Hall–Kier alpha value is -1.73. The first-order chi connectivity index (χ1) is 12.0. The normalized spacial score (nSPS) is 20.5. The third kappa shape index (κ3) is 3.77. The van der Waals surface area contributed by atoms with Crippen LogP contribution in [-0.2, 0) is 4.79 Å². The smallest absolute Gasteiger partial charge is 0.289 e. The van der Waals surface area contributed by atoms with Gasteiger partial charge in [-0.05, 0) is 44.4 Å². The molecular weight excluding hydrogens is 356 g/mol. The van der Waals surface area contributed by atoms with Crippen molar-refractivity contribution in [2.75, 3.05) is 13.1 Å². The summed E-state index contributed by atoms with van der Waals surface area (Å²) in [6.07, 6.45) is 1.50. The van der Waals surface area contributed by atoms with Gasteiger partial charge in [-0.1, -0.05) is 6.07 Å². The molecule has 2 amide bonds. The van der Waals surface area contributed by atoms with Crippen LogP contribution in [-0.4, -0.2) is 46.0 Å². The maximum absolute atomic E-state index is 12.6. The standard InChI is InChI=1S/C18H22N2O3S2/c1-12(2)19(17(22)14-6-4-10-23-14)8-9-20-16(21)13(3)25-18(20)15-7-5-11-24-15/h4-7,10-13,18H,8-9H2,1-3H3/t13-,18-/m0/s1. The predicted octanol–water partition coefficient (Wildman–Crippen LogP) is 3.85. The maximum Gasteiger partial charge on any atom is 0.289 e. The van der Waals surface area contributed by atoms with Gasteiger partial charge in [-0.2, -0.15) is 0 Å². The Morgan fingerprint density at radius 1 is 1.36 bits per heavy atom. The van der Waals surface area contributed by atoms with Crippen LogP contribution in [0.4, 0.5) is 0 Å². The molecule has 0 aliphatic carbocycles. The summed E-state index contributed by atoms with van der Waals surface area (Å²) in [5.41, 5.74) is 0. The second-order valence-electron chi connectivity index (χ2n) is 6.25. The summed E-state index contributed by atoms with van der Waals surface area (Å²) in [6, 6.07) is 7.48. The Bertz CT molecular complexity index is 713. The highest BCUT2D eigenvalue weighted by Gasteiger charge is 2.39. The molecule has 2 aromatic heterocycles. The molecule has 1 aliphatic heterocycles. The first-order valence-corrected chi connectivity index (χ1v) is 10.1. The fourth-order valence-corrected chi connectivity index (χ4v) is 5.16. The number of hydrogen-bond donors (Lipinski definition) is 0. The van der Waals surface area contributed by atoms with Crippen molar-refractivity contribution in [3.05, 3.63) is 46.5 Å². The summed E-state index contributed by atoms with van der Waals surface area (Å²) in [5.74, 6) is 0.330. The van der Waals surface area contributed by atoms with E-state index >= 15 is 0 Å². The molecule has 134 valence electrons. The van der Waals surface area contributed by atoms with Gasteiger partial charge in [0, 0.05) is 24.0 Å². The number of amides is 2. The molecule has 0 aromatic carbocycles. The van der Waals surface area contributed by atoms with Crippen molar-refractivity contribution in [2.45, 2.75) is 37.4 Å². The van der Waals surface area contributed by atoms with E-state index in [0.29, 0.717) is 18.8 Å². The molecule has 1 fully saturated rings. The monoisotopic (exact) mass is 378 g/mol.